The first-order chi connectivity index (χ1) is 17.8. The summed E-state index contributed by atoms with van der Waals surface area (Å²) in [5.41, 5.74) is -1.33. The third kappa shape index (κ3) is 9.75. The van der Waals surface area contributed by atoms with Gasteiger partial charge in [0.25, 0.3) is 0 Å². The summed E-state index contributed by atoms with van der Waals surface area (Å²) in [4.78, 5) is 55.4. The molecule has 1 N–H and O–H groups in total. The van der Waals surface area contributed by atoms with Crippen LogP contribution in [-0.4, -0.2) is 77.3 Å². The lowest BCUT2D eigenvalue weighted by Gasteiger charge is -2.36. The minimum absolute atomic E-state index is 0.0405. The number of carbonyl (C=O) groups excluding carboxylic acids is 4. The standard InChI is InChI=1S/C29H45N3O7/c1-27(2,3)22(30-25(35)37-18-19-14-12-11-13-15-19)23(33)31(10)21-17-32(26(36)39-29(7,8)9)16-20(21)24(34)38-28(4,5)6/h11-15,20-22H,16-18H2,1-10H3,(H,30,35)/t20-,21+,22?/m1/s1. The third-order valence-corrected chi connectivity index (χ3v) is 6.08. The van der Waals surface area contributed by atoms with Crippen LogP contribution in [0, 0.1) is 11.3 Å². The van der Waals surface area contributed by atoms with Gasteiger partial charge < -0.3 is 29.3 Å². The Balaban J connectivity index is 2.24. The van der Waals surface area contributed by atoms with Gasteiger partial charge in [-0.2, -0.15) is 0 Å². The molecule has 3 amide bonds. The maximum absolute atomic E-state index is 13.8. The number of benzene rings is 1. The van der Waals surface area contributed by atoms with Gasteiger partial charge in [-0.3, -0.25) is 9.59 Å². The number of alkyl carbamates (subject to hydrolysis) is 1. The number of nitrogens with one attached hydrogen (secondary N) is 1. The molecule has 3 atom stereocenters. The summed E-state index contributed by atoms with van der Waals surface area (Å²) in [6.07, 6.45) is -1.31. The Labute approximate surface area is 232 Å². The van der Waals surface area contributed by atoms with Crippen LogP contribution in [0.3, 0.4) is 0 Å². The van der Waals surface area contributed by atoms with Crippen molar-refractivity contribution in [2.24, 2.45) is 11.3 Å². The van der Waals surface area contributed by atoms with Gasteiger partial charge in [0.15, 0.2) is 0 Å². The number of esters is 1. The molecule has 10 heteroatoms. The highest BCUT2D eigenvalue weighted by atomic mass is 16.6. The SMILES string of the molecule is CN(C(=O)C(NC(=O)OCc1ccccc1)C(C)(C)C)[C@H]1CN(C(=O)OC(C)(C)C)C[C@H]1C(=O)OC(C)(C)C. The van der Waals surface area contributed by atoms with E-state index in [2.05, 4.69) is 5.32 Å². The Kier molecular flexibility index (Phi) is 10.0. The number of likely N-dealkylation sites (N-methyl/N-ethyl adjacent to an activating group) is 1. The summed E-state index contributed by atoms with van der Waals surface area (Å²) >= 11 is 0. The molecule has 0 saturated carbocycles. The number of carbonyl (C=O) groups is 4. The van der Waals surface area contributed by atoms with Gasteiger partial charge in [-0.25, -0.2) is 9.59 Å². The molecule has 0 aliphatic carbocycles. The normalized spacial score (nSPS) is 18.7. The Morgan fingerprint density at radius 3 is 2.00 bits per heavy atom. The van der Waals surface area contributed by atoms with Crippen LogP contribution in [0.25, 0.3) is 0 Å². The summed E-state index contributed by atoms with van der Waals surface area (Å²) in [7, 11) is 1.57. The molecular formula is C29H45N3O7. The summed E-state index contributed by atoms with van der Waals surface area (Å²) < 4.78 is 16.5. The molecule has 1 unspecified atom stereocenters. The molecule has 2 rings (SSSR count). The molecule has 0 spiro atoms. The molecule has 0 radical (unpaired) electrons. The minimum Gasteiger partial charge on any atom is -0.460 e. The van der Waals surface area contributed by atoms with Crippen LogP contribution in [0.15, 0.2) is 30.3 Å². The first-order valence-corrected chi connectivity index (χ1v) is 13.2. The summed E-state index contributed by atoms with van der Waals surface area (Å²) in [5.74, 6) is -1.72. The van der Waals surface area contributed by atoms with Gasteiger partial charge >= 0.3 is 18.2 Å². The van der Waals surface area contributed by atoms with Crippen LogP contribution in [0.4, 0.5) is 9.59 Å². The van der Waals surface area contributed by atoms with Gasteiger partial charge in [-0.15, -0.1) is 0 Å². The number of likely N-dealkylation sites (tertiary alicyclic amines) is 1. The molecule has 10 nitrogen and oxygen atoms in total. The number of hydrogen-bond donors (Lipinski definition) is 1. The van der Waals surface area contributed by atoms with Crippen LogP contribution >= 0.6 is 0 Å². The summed E-state index contributed by atoms with van der Waals surface area (Å²) in [6.45, 7) is 16.2. The minimum atomic E-state index is -0.958. The lowest BCUT2D eigenvalue weighted by molar-refractivity contribution is -0.161. The summed E-state index contributed by atoms with van der Waals surface area (Å²) in [5, 5.41) is 2.70. The van der Waals surface area contributed by atoms with Gasteiger partial charge in [0.2, 0.25) is 5.91 Å². The monoisotopic (exact) mass is 547 g/mol. The molecule has 1 aromatic carbocycles. The third-order valence-electron chi connectivity index (χ3n) is 6.08. The van der Waals surface area contributed by atoms with Gasteiger partial charge in [0, 0.05) is 20.1 Å². The molecule has 0 bridgehead atoms. The van der Waals surface area contributed by atoms with Crippen molar-refractivity contribution in [2.75, 3.05) is 20.1 Å². The van der Waals surface area contributed by atoms with Crippen molar-refractivity contribution < 1.29 is 33.4 Å². The zero-order chi connectivity index (χ0) is 29.8. The number of amides is 3. The first-order valence-electron chi connectivity index (χ1n) is 13.2. The van der Waals surface area contributed by atoms with E-state index in [0.717, 1.165) is 5.56 Å². The highest BCUT2D eigenvalue weighted by Gasteiger charge is 2.48. The Morgan fingerprint density at radius 1 is 0.923 bits per heavy atom. The molecule has 1 saturated heterocycles. The second-order valence-electron chi connectivity index (χ2n) is 13.0. The Morgan fingerprint density at radius 2 is 1.49 bits per heavy atom. The van der Waals surface area contributed by atoms with Crippen molar-refractivity contribution in [3.8, 4) is 0 Å². The molecule has 1 aliphatic heterocycles. The molecule has 1 heterocycles. The zero-order valence-electron chi connectivity index (χ0n) is 25.0. The second-order valence-corrected chi connectivity index (χ2v) is 13.0. The fraction of sp³-hybridized carbons (Fsp3) is 0.655. The molecule has 1 aliphatic rings. The number of hydrogen-bond acceptors (Lipinski definition) is 7. The lowest BCUT2D eigenvalue weighted by Crippen LogP contribution is -2.57. The van der Waals surface area contributed by atoms with Gasteiger partial charge in [0.1, 0.15) is 23.9 Å². The predicted octanol–water partition coefficient (Wildman–Crippen LogP) is 4.36. The summed E-state index contributed by atoms with van der Waals surface area (Å²) in [6, 6.07) is 7.58. The quantitative estimate of drug-likeness (QED) is 0.416. The molecule has 0 aromatic heterocycles. The van der Waals surface area contributed by atoms with Crippen LogP contribution in [-0.2, 0) is 30.4 Å². The van der Waals surface area contributed by atoms with Crippen LogP contribution in [0.5, 0.6) is 0 Å². The average Bonchev–Trinajstić information content (AvgIpc) is 3.24. The largest absolute Gasteiger partial charge is 0.460 e. The van der Waals surface area contributed by atoms with Crippen molar-refractivity contribution in [1.29, 1.82) is 0 Å². The highest BCUT2D eigenvalue weighted by Crippen LogP contribution is 2.29. The first kappa shape index (κ1) is 31.9. The Bertz CT molecular complexity index is 1020. The fourth-order valence-corrected chi connectivity index (χ4v) is 4.16. The van der Waals surface area contributed by atoms with Crippen molar-refractivity contribution in [3.63, 3.8) is 0 Å². The van der Waals surface area contributed by atoms with Gasteiger partial charge in [-0.1, -0.05) is 51.1 Å². The van der Waals surface area contributed by atoms with E-state index in [1.54, 1.807) is 48.6 Å². The number of nitrogens with zero attached hydrogens (tertiary/aromatic N) is 2. The van der Waals surface area contributed by atoms with Crippen LogP contribution < -0.4 is 5.32 Å². The topological polar surface area (TPSA) is 114 Å². The Hall–Kier alpha value is -3.30. The van der Waals surface area contributed by atoms with E-state index in [4.69, 9.17) is 14.2 Å². The van der Waals surface area contributed by atoms with E-state index >= 15 is 0 Å². The van der Waals surface area contributed by atoms with Crippen molar-refractivity contribution in [3.05, 3.63) is 35.9 Å². The molecule has 1 aromatic rings. The lowest BCUT2D eigenvalue weighted by atomic mass is 9.85. The smallest absolute Gasteiger partial charge is 0.410 e. The van der Waals surface area contributed by atoms with E-state index in [9.17, 15) is 19.2 Å². The van der Waals surface area contributed by atoms with Gasteiger partial charge in [-0.05, 0) is 52.5 Å². The number of rotatable bonds is 6. The van der Waals surface area contributed by atoms with Gasteiger partial charge in [0.05, 0.1) is 12.0 Å². The van der Waals surface area contributed by atoms with Crippen LogP contribution in [0.2, 0.25) is 0 Å². The van der Waals surface area contributed by atoms with Crippen LogP contribution in [0.1, 0.15) is 67.9 Å². The highest BCUT2D eigenvalue weighted by molar-refractivity contribution is 5.87. The predicted molar refractivity (Wildman–Crippen MR) is 147 cm³/mol. The molecule has 1 fully saturated rings. The van der Waals surface area contributed by atoms with E-state index in [0.29, 0.717) is 0 Å². The van der Waals surface area contributed by atoms with Crippen molar-refractivity contribution in [2.45, 2.75) is 92.2 Å². The fourth-order valence-electron chi connectivity index (χ4n) is 4.16. The van der Waals surface area contributed by atoms with E-state index < -0.39 is 58.7 Å². The second kappa shape index (κ2) is 12.3. The molecular weight excluding hydrogens is 502 g/mol. The van der Waals surface area contributed by atoms with Crippen molar-refractivity contribution >= 4 is 24.1 Å². The van der Waals surface area contributed by atoms with Crippen molar-refractivity contribution in [1.82, 2.24) is 15.1 Å². The maximum atomic E-state index is 13.8. The average molecular weight is 548 g/mol. The molecule has 39 heavy (non-hydrogen) atoms. The van der Waals surface area contributed by atoms with E-state index in [1.165, 1.54) is 9.80 Å². The van der Waals surface area contributed by atoms with E-state index in [1.807, 2.05) is 51.1 Å². The van der Waals surface area contributed by atoms with E-state index in [-0.39, 0.29) is 19.7 Å². The number of ether oxygens (including phenoxy) is 3. The maximum Gasteiger partial charge on any atom is 0.410 e. The molecule has 218 valence electrons. The zero-order valence-corrected chi connectivity index (χ0v) is 25.0.